The van der Waals surface area contributed by atoms with Crippen molar-refractivity contribution in [2.45, 2.75) is 19.9 Å². The molecule has 1 unspecified atom stereocenters. The van der Waals surface area contributed by atoms with E-state index in [-0.39, 0.29) is 12.5 Å². The molecule has 1 fully saturated rings. The number of carboxylic acid groups (broad SMARTS) is 1. The number of hydrogen-bond donors (Lipinski definition) is 1. The number of amides is 1. The largest absolute Gasteiger partial charge is 0.480 e. The van der Waals surface area contributed by atoms with E-state index in [2.05, 4.69) is 0 Å². The van der Waals surface area contributed by atoms with Crippen molar-refractivity contribution >= 4 is 17.6 Å². The lowest BCUT2D eigenvalue weighted by Crippen LogP contribution is -2.58. The van der Waals surface area contributed by atoms with Crippen molar-refractivity contribution in [1.82, 2.24) is 4.90 Å². The van der Waals surface area contributed by atoms with E-state index in [9.17, 15) is 9.59 Å². The second-order valence-corrected chi connectivity index (χ2v) is 5.01. The summed E-state index contributed by atoms with van der Waals surface area (Å²) in [5, 5.41) is 9.17. The molecule has 1 N–H and O–H groups in total. The zero-order valence-electron chi connectivity index (χ0n) is 11.4. The average molecular weight is 262 g/mol. The van der Waals surface area contributed by atoms with E-state index in [1.807, 2.05) is 36.9 Å². The Labute approximate surface area is 112 Å². The second kappa shape index (κ2) is 4.91. The molecular weight excluding hydrogens is 244 g/mol. The van der Waals surface area contributed by atoms with Gasteiger partial charge in [0.15, 0.2) is 0 Å². The zero-order chi connectivity index (χ0) is 14.2. The molecule has 1 heterocycles. The number of hydrogen-bond acceptors (Lipinski definition) is 3. The summed E-state index contributed by atoms with van der Waals surface area (Å²) in [6.07, 6.45) is 0. The number of rotatable bonds is 2. The minimum Gasteiger partial charge on any atom is -0.480 e. The van der Waals surface area contributed by atoms with Crippen LogP contribution < -0.4 is 4.90 Å². The van der Waals surface area contributed by atoms with Gasteiger partial charge in [-0.2, -0.15) is 0 Å². The number of anilines is 1. The molecule has 1 atom stereocenters. The van der Waals surface area contributed by atoms with Crippen molar-refractivity contribution in [2.75, 3.05) is 25.0 Å². The zero-order valence-corrected chi connectivity index (χ0v) is 11.4. The summed E-state index contributed by atoms with van der Waals surface area (Å²) < 4.78 is 0. The van der Waals surface area contributed by atoms with Crippen LogP contribution >= 0.6 is 0 Å². The first-order chi connectivity index (χ1) is 8.90. The van der Waals surface area contributed by atoms with Gasteiger partial charge in [0, 0.05) is 19.3 Å². The molecule has 1 aliphatic rings. The van der Waals surface area contributed by atoms with E-state index in [0.29, 0.717) is 6.54 Å². The van der Waals surface area contributed by atoms with Crippen molar-refractivity contribution in [2.24, 2.45) is 0 Å². The fourth-order valence-corrected chi connectivity index (χ4v) is 2.21. The Morgan fingerprint density at radius 2 is 2.00 bits per heavy atom. The average Bonchev–Trinajstić information content (AvgIpc) is 2.35. The van der Waals surface area contributed by atoms with Crippen molar-refractivity contribution in [3.8, 4) is 0 Å². The van der Waals surface area contributed by atoms with Gasteiger partial charge in [-0.3, -0.25) is 4.79 Å². The summed E-state index contributed by atoms with van der Waals surface area (Å²) in [4.78, 5) is 26.2. The van der Waals surface area contributed by atoms with Crippen LogP contribution in [0.1, 0.15) is 11.1 Å². The van der Waals surface area contributed by atoms with Crippen molar-refractivity contribution in [3.05, 3.63) is 29.3 Å². The molecule has 5 nitrogen and oxygen atoms in total. The standard InChI is InChI=1S/C14H18N2O3/c1-9-4-5-11(6-10(9)2)16-7-12(14(18)19)15(3)13(17)8-16/h4-6,12H,7-8H2,1-3H3,(H,18,19). The minimum absolute atomic E-state index is 0.170. The molecule has 0 aliphatic carbocycles. The molecule has 1 aliphatic heterocycles. The smallest absolute Gasteiger partial charge is 0.328 e. The Kier molecular flexibility index (Phi) is 3.46. The predicted octanol–water partition coefficient (Wildman–Crippen LogP) is 1.04. The molecule has 0 radical (unpaired) electrons. The lowest BCUT2D eigenvalue weighted by Gasteiger charge is -2.38. The topological polar surface area (TPSA) is 60.9 Å². The third-order valence-electron chi connectivity index (χ3n) is 3.72. The number of nitrogens with zero attached hydrogens (tertiary/aromatic N) is 2. The Bertz CT molecular complexity index is 527. The Hall–Kier alpha value is -2.04. The maximum Gasteiger partial charge on any atom is 0.328 e. The summed E-state index contributed by atoms with van der Waals surface area (Å²) in [6.45, 7) is 4.57. The van der Waals surface area contributed by atoms with Gasteiger partial charge in [-0.1, -0.05) is 6.07 Å². The maximum absolute atomic E-state index is 11.9. The summed E-state index contributed by atoms with van der Waals surface area (Å²) in [6, 6.07) is 5.12. The highest BCUT2D eigenvalue weighted by Crippen LogP contribution is 2.22. The summed E-state index contributed by atoms with van der Waals surface area (Å²) in [7, 11) is 1.54. The molecular formula is C14H18N2O3. The van der Waals surface area contributed by atoms with Gasteiger partial charge in [-0.25, -0.2) is 4.79 Å². The molecule has 19 heavy (non-hydrogen) atoms. The van der Waals surface area contributed by atoms with Gasteiger partial charge >= 0.3 is 5.97 Å². The monoisotopic (exact) mass is 262 g/mol. The summed E-state index contributed by atoms with van der Waals surface area (Å²) in [5.74, 6) is -1.14. The number of piperazine rings is 1. The number of aryl methyl sites for hydroxylation is 2. The van der Waals surface area contributed by atoms with Gasteiger partial charge in [-0.05, 0) is 37.1 Å². The SMILES string of the molecule is Cc1ccc(N2CC(=O)N(C)C(C(=O)O)C2)cc1C. The number of carbonyl (C=O) groups excluding carboxylic acids is 1. The van der Waals surface area contributed by atoms with Gasteiger partial charge < -0.3 is 14.9 Å². The molecule has 2 rings (SSSR count). The van der Waals surface area contributed by atoms with Crippen molar-refractivity contribution < 1.29 is 14.7 Å². The van der Waals surface area contributed by atoms with Crippen LogP contribution in [0, 0.1) is 13.8 Å². The molecule has 0 aromatic heterocycles. The Morgan fingerprint density at radius 1 is 1.32 bits per heavy atom. The van der Waals surface area contributed by atoms with E-state index in [4.69, 9.17) is 5.11 Å². The second-order valence-electron chi connectivity index (χ2n) is 5.01. The molecule has 1 saturated heterocycles. The van der Waals surface area contributed by atoms with Gasteiger partial charge in [0.05, 0.1) is 6.54 Å². The molecule has 1 amide bonds. The first-order valence-electron chi connectivity index (χ1n) is 6.21. The first-order valence-corrected chi connectivity index (χ1v) is 6.21. The first kappa shape index (κ1) is 13.4. The molecule has 0 bridgehead atoms. The highest BCUT2D eigenvalue weighted by atomic mass is 16.4. The lowest BCUT2D eigenvalue weighted by atomic mass is 10.1. The molecule has 1 aromatic rings. The van der Waals surface area contributed by atoms with E-state index in [1.54, 1.807) is 7.05 Å². The lowest BCUT2D eigenvalue weighted by molar-refractivity contribution is -0.149. The third kappa shape index (κ3) is 2.54. The predicted molar refractivity (Wildman–Crippen MR) is 72.3 cm³/mol. The number of aliphatic carboxylic acids is 1. The minimum atomic E-state index is -0.968. The highest BCUT2D eigenvalue weighted by molar-refractivity contribution is 5.89. The van der Waals surface area contributed by atoms with E-state index < -0.39 is 12.0 Å². The molecule has 5 heteroatoms. The van der Waals surface area contributed by atoms with E-state index in [0.717, 1.165) is 11.3 Å². The van der Waals surface area contributed by atoms with Crippen LogP contribution in [0.2, 0.25) is 0 Å². The molecule has 0 saturated carbocycles. The summed E-state index contributed by atoms with van der Waals surface area (Å²) >= 11 is 0. The van der Waals surface area contributed by atoms with Crippen LogP contribution in [-0.4, -0.2) is 48.1 Å². The number of benzene rings is 1. The van der Waals surface area contributed by atoms with E-state index >= 15 is 0 Å². The normalized spacial score (nSPS) is 19.7. The third-order valence-corrected chi connectivity index (χ3v) is 3.72. The van der Waals surface area contributed by atoms with Crippen LogP contribution in [0.3, 0.4) is 0 Å². The van der Waals surface area contributed by atoms with Gasteiger partial charge in [0.25, 0.3) is 0 Å². The van der Waals surface area contributed by atoms with Gasteiger partial charge in [0.2, 0.25) is 5.91 Å². The Morgan fingerprint density at radius 3 is 2.58 bits per heavy atom. The molecule has 0 spiro atoms. The molecule has 102 valence electrons. The summed E-state index contributed by atoms with van der Waals surface area (Å²) in [5.41, 5.74) is 3.21. The van der Waals surface area contributed by atoms with E-state index in [1.165, 1.54) is 10.5 Å². The fourth-order valence-electron chi connectivity index (χ4n) is 2.21. The van der Waals surface area contributed by atoms with Crippen LogP contribution in [0.25, 0.3) is 0 Å². The van der Waals surface area contributed by atoms with Crippen LogP contribution in [-0.2, 0) is 9.59 Å². The number of carboxylic acids is 1. The van der Waals surface area contributed by atoms with Crippen LogP contribution in [0.15, 0.2) is 18.2 Å². The maximum atomic E-state index is 11.9. The van der Waals surface area contributed by atoms with Gasteiger partial charge in [0.1, 0.15) is 6.04 Å². The van der Waals surface area contributed by atoms with Crippen molar-refractivity contribution in [1.29, 1.82) is 0 Å². The number of carbonyl (C=O) groups is 2. The van der Waals surface area contributed by atoms with Crippen molar-refractivity contribution in [3.63, 3.8) is 0 Å². The fraction of sp³-hybridized carbons (Fsp3) is 0.429. The quantitative estimate of drug-likeness (QED) is 0.865. The number of likely N-dealkylation sites (N-methyl/N-ethyl adjacent to an activating group) is 1. The van der Waals surface area contributed by atoms with Gasteiger partial charge in [-0.15, -0.1) is 0 Å². The highest BCUT2D eigenvalue weighted by Gasteiger charge is 2.34. The van der Waals surface area contributed by atoms with Crippen LogP contribution in [0.5, 0.6) is 0 Å². The molecule has 1 aromatic carbocycles. The van der Waals surface area contributed by atoms with Crippen LogP contribution in [0.4, 0.5) is 5.69 Å². The Balaban J connectivity index is 2.27.